The Bertz CT molecular complexity index is 504. The smallest absolute Gasteiger partial charge is 0.413 e. The van der Waals surface area contributed by atoms with Gasteiger partial charge >= 0.3 is 12.1 Å². The van der Waals surface area contributed by atoms with E-state index in [4.69, 9.17) is 14.6 Å². The average Bonchev–Trinajstić information content (AvgIpc) is 2.71. The summed E-state index contributed by atoms with van der Waals surface area (Å²) in [5.74, 6) is -0.468. The van der Waals surface area contributed by atoms with Crippen molar-refractivity contribution in [2.24, 2.45) is 0 Å². The molecule has 0 aromatic carbocycles. The van der Waals surface area contributed by atoms with Gasteiger partial charge < -0.3 is 14.6 Å². The van der Waals surface area contributed by atoms with E-state index in [1.165, 1.54) is 10.9 Å². The van der Waals surface area contributed by atoms with Crippen molar-refractivity contribution in [3.05, 3.63) is 11.8 Å². The molecule has 0 bridgehead atoms. The van der Waals surface area contributed by atoms with Crippen molar-refractivity contribution in [2.45, 2.75) is 39.8 Å². The third-order valence-electron chi connectivity index (χ3n) is 2.27. The molecule has 8 heteroatoms. The lowest BCUT2D eigenvalue weighted by atomic mass is 10.2. The second-order valence-corrected chi connectivity index (χ2v) is 5.20. The van der Waals surface area contributed by atoms with Crippen molar-refractivity contribution < 1.29 is 24.2 Å². The Hall–Kier alpha value is -2.09. The number of carbonyl (C=O) groups is 2. The van der Waals surface area contributed by atoms with Crippen LogP contribution in [-0.2, 0) is 16.0 Å². The van der Waals surface area contributed by atoms with Crippen molar-refractivity contribution >= 4 is 17.9 Å². The molecule has 1 amide bonds. The second-order valence-electron chi connectivity index (χ2n) is 5.20. The molecule has 8 nitrogen and oxygen atoms in total. The first-order chi connectivity index (χ1) is 9.78. The van der Waals surface area contributed by atoms with Crippen molar-refractivity contribution in [1.29, 1.82) is 0 Å². The number of hydrogen-bond donors (Lipinski definition) is 2. The molecule has 0 saturated heterocycles. The summed E-state index contributed by atoms with van der Waals surface area (Å²) in [5, 5.41) is 15.4. The van der Waals surface area contributed by atoms with Gasteiger partial charge in [-0.3, -0.25) is 5.32 Å². The van der Waals surface area contributed by atoms with Crippen molar-refractivity contribution in [3.63, 3.8) is 0 Å². The summed E-state index contributed by atoms with van der Waals surface area (Å²) in [6.45, 7) is 7.00. The molecule has 2 N–H and O–H groups in total. The predicted molar refractivity (Wildman–Crippen MR) is 75.1 cm³/mol. The lowest BCUT2D eigenvalue weighted by molar-refractivity contribution is 0.0527. The molecular formula is C13H21N3O5. The van der Waals surface area contributed by atoms with Crippen LogP contribution in [0, 0.1) is 0 Å². The normalized spacial score (nSPS) is 11.1. The van der Waals surface area contributed by atoms with Crippen LogP contribution < -0.4 is 5.32 Å². The summed E-state index contributed by atoms with van der Waals surface area (Å²) in [4.78, 5) is 23.6. The lowest BCUT2D eigenvalue weighted by Gasteiger charge is -2.20. The number of aliphatic hydroxyl groups is 1. The zero-order valence-electron chi connectivity index (χ0n) is 12.7. The Balaban J connectivity index is 2.98. The molecule has 0 radical (unpaired) electrons. The third kappa shape index (κ3) is 5.07. The predicted octanol–water partition coefficient (Wildman–Crippen LogP) is 1.40. The minimum atomic E-state index is -0.715. The number of rotatable bonds is 5. The molecule has 0 unspecified atom stereocenters. The fourth-order valence-electron chi connectivity index (χ4n) is 1.54. The van der Waals surface area contributed by atoms with Crippen LogP contribution in [0.5, 0.6) is 0 Å². The Morgan fingerprint density at radius 3 is 2.62 bits per heavy atom. The van der Waals surface area contributed by atoms with Crippen LogP contribution in [-0.4, -0.2) is 45.8 Å². The quantitative estimate of drug-likeness (QED) is 0.797. The third-order valence-corrected chi connectivity index (χ3v) is 2.27. The second kappa shape index (κ2) is 7.07. The standard InChI is InChI=1S/C13H21N3O5/c1-5-20-11(18)9-8-14-16(6-7-17)10(9)15-12(19)21-13(2,3)4/h8,17H,5-7H2,1-4H3,(H,15,19). The number of hydrogen-bond acceptors (Lipinski definition) is 6. The number of esters is 1. The molecule has 0 aliphatic rings. The van der Waals surface area contributed by atoms with Crippen LogP contribution in [0.2, 0.25) is 0 Å². The van der Waals surface area contributed by atoms with Crippen molar-refractivity contribution in [3.8, 4) is 0 Å². The molecule has 1 heterocycles. The van der Waals surface area contributed by atoms with Gasteiger partial charge in [0.2, 0.25) is 0 Å². The summed E-state index contributed by atoms with van der Waals surface area (Å²) in [5.41, 5.74) is -0.563. The number of nitrogens with one attached hydrogen (secondary N) is 1. The van der Waals surface area contributed by atoms with E-state index < -0.39 is 17.7 Å². The zero-order chi connectivity index (χ0) is 16.0. The number of aliphatic hydroxyl groups excluding tert-OH is 1. The van der Waals surface area contributed by atoms with Crippen molar-refractivity contribution in [1.82, 2.24) is 9.78 Å². The highest BCUT2D eigenvalue weighted by atomic mass is 16.6. The SMILES string of the molecule is CCOC(=O)c1cnn(CCO)c1NC(=O)OC(C)(C)C. The Kier molecular flexibility index (Phi) is 5.71. The number of amides is 1. The minimum absolute atomic E-state index is 0.108. The molecule has 0 aliphatic heterocycles. The number of ether oxygens (including phenoxy) is 2. The molecule has 0 atom stereocenters. The van der Waals surface area contributed by atoms with Gasteiger partial charge in [-0.2, -0.15) is 5.10 Å². The van der Waals surface area contributed by atoms with E-state index in [9.17, 15) is 9.59 Å². The molecule has 1 rings (SSSR count). The average molecular weight is 299 g/mol. The zero-order valence-corrected chi connectivity index (χ0v) is 12.7. The highest BCUT2D eigenvalue weighted by Gasteiger charge is 2.23. The molecular weight excluding hydrogens is 278 g/mol. The summed E-state index contributed by atoms with van der Waals surface area (Å²) in [7, 11) is 0. The van der Waals surface area contributed by atoms with E-state index in [0.717, 1.165) is 0 Å². The highest BCUT2D eigenvalue weighted by molar-refractivity contribution is 5.98. The number of nitrogens with zero attached hydrogens (tertiary/aromatic N) is 2. The van der Waals surface area contributed by atoms with Crippen molar-refractivity contribution in [2.75, 3.05) is 18.5 Å². The van der Waals surface area contributed by atoms with E-state index in [1.54, 1.807) is 27.7 Å². The van der Waals surface area contributed by atoms with E-state index >= 15 is 0 Å². The van der Waals surface area contributed by atoms with E-state index in [-0.39, 0.29) is 31.1 Å². The molecule has 0 saturated carbocycles. The maximum atomic E-state index is 11.8. The van der Waals surface area contributed by atoms with Crippen LogP contribution in [0.1, 0.15) is 38.1 Å². The van der Waals surface area contributed by atoms with Crippen LogP contribution in [0.15, 0.2) is 6.20 Å². The van der Waals surface area contributed by atoms with Gasteiger partial charge in [-0.25, -0.2) is 14.3 Å². The molecule has 0 fully saturated rings. The summed E-state index contributed by atoms with van der Waals surface area (Å²) in [6, 6.07) is 0. The molecule has 118 valence electrons. The van der Waals surface area contributed by atoms with Gasteiger partial charge in [0, 0.05) is 0 Å². The summed E-state index contributed by atoms with van der Waals surface area (Å²) < 4.78 is 11.3. The molecule has 0 aliphatic carbocycles. The first kappa shape index (κ1) is 17.0. The van der Waals surface area contributed by atoms with Crippen LogP contribution in [0.3, 0.4) is 0 Å². The van der Waals surface area contributed by atoms with Gasteiger partial charge in [0.15, 0.2) is 0 Å². The molecule has 1 aromatic heterocycles. The minimum Gasteiger partial charge on any atom is -0.462 e. The number of carbonyl (C=O) groups excluding carboxylic acids is 2. The Morgan fingerprint density at radius 1 is 1.43 bits per heavy atom. The number of aromatic nitrogens is 2. The number of anilines is 1. The molecule has 0 spiro atoms. The van der Waals surface area contributed by atoms with Crippen LogP contribution in [0.4, 0.5) is 10.6 Å². The van der Waals surface area contributed by atoms with E-state index in [2.05, 4.69) is 10.4 Å². The molecule has 1 aromatic rings. The van der Waals surface area contributed by atoms with Gasteiger partial charge in [-0.15, -0.1) is 0 Å². The van der Waals surface area contributed by atoms with Gasteiger partial charge in [0.1, 0.15) is 17.0 Å². The molecule has 21 heavy (non-hydrogen) atoms. The summed E-state index contributed by atoms with van der Waals surface area (Å²) >= 11 is 0. The fourth-order valence-corrected chi connectivity index (χ4v) is 1.54. The maximum Gasteiger partial charge on any atom is 0.413 e. The van der Waals surface area contributed by atoms with E-state index in [1.807, 2.05) is 0 Å². The van der Waals surface area contributed by atoms with Gasteiger partial charge in [-0.1, -0.05) is 0 Å². The lowest BCUT2D eigenvalue weighted by Crippen LogP contribution is -2.28. The van der Waals surface area contributed by atoms with Gasteiger partial charge in [0.25, 0.3) is 0 Å². The largest absolute Gasteiger partial charge is 0.462 e. The topological polar surface area (TPSA) is 103 Å². The Labute approximate surface area is 123 Å². The maximum absolute atomic E-state index is 11.8. The first-order valence-electron chi connectivity index (χ1n) is 6.62. The van der Waals surface area contributed by atoms with Crippen LogP contribution >= 0.6 is 0 Å². The summed E-state index contributed by atoms with van der Waals surface area (Å²) in [6.07, 6.45) is 0.563. The monoisotopic (exact) mass is 299 g/mol. The highest BCUT2D eigenvalue weighted by Crippen LogP contribution is 2.18. The van der Waals surface area contributed by atoms with Gasteiger partial charge in [0.05, 0.1) is 26.0 Å². The Morgan fingerprint density at radius 2 is 2.10 bits per heavy atom. The van der Waals surface area contributed by atoms with Crippen LogP contribution in [0.25, 0.3) is 0 Å². The van der Waals surface area contributed by atoms with E-state index in [0.29, 0.717) is 0 Å². The first-order valence-corrected chi connectivity index (χ1v) is 6.62. The fraction of sp³-hybridized carbons (Fsp3) is 0.615. The van der Waals surface area contributed by atoms with Gasteiger partial charge in [-0.05, 0) is 27.7 Å².